The SMILES string of the molecule is CCOc1c(C(=O)N(C)C)cccc1[N+](=O)[O-]. The fourth-order valence-corrected chi connectivity index (χ4v) is 1.37. The quantitative estimate of drug-likeness (QED) is 0.591. The molecule has 0 N–H and O–H groups in total. The summed E-state index contributed by atoms with van der Waals surface area (Å²) < 4.78 is 5.21. The molecular weight excluding hydrogens is 224 g/mol. The molecule has 0 atom stereocenters. The van der Waals surface area contributed by atoms with Crippen LogP contribution < -0.4 is 4.74 Å². The number of carbonyl (C=O) groups excluding carboxylic acids is 1. The number of benzene rings is 1. The summed E-state index contributed by atoms with van der Waals surface area (Å²) in [7, 11) is 3.16. The Hall–Kier alpha value is -2.11. The molecule has 0 aliphatic heterocycles. The van der Waals surface area contributed by atoms with Gasteiger partial charge in [-0.3, -0.25) is 14.9 Å². The van der Waals surface area contributed by atoms with Crippen molar-refractivity contribution in [1.29, 1.82) is 0 Å². The molecular formula is C11H14N2O4. The molecule has 1 amide bonds. The largest absolute Gasteiger partial charge is 0.487 e. The van der Waals surface area contributed by atoms with Crippen LogP contribution in [0.5, 0.6) is 5.75 Å². The summed E-state index contributed by atoms with van der Waals surface area (Å²) in [4.78, 5) is 23.5. The van der Waals surface area contributed by atoms with Gasteiger partial charge in [0.25, 0.3) is 5.91 Å². The van der Waals surface area contributed by atoms with Gasteiger partial charge in [0.1, 0.15) is 0 Å². The van der Waals surface area contributed by atoms with Gasteiger partial charge >= 0.3 is 5.69 Å². The second kappa shape index (κ2) is 5.29. The van der Waals surface area contributed by atoms with E-state index in [4.69, 9.17) is 4.74 Å². The highest BCUT2D eigenvalue weighted by Crippen LogP contribution is 2.31. The number of nitro benzene ring substituents is 1. The lowest BCUT2D eigenvalue weighted by Crippen LogP contribution is -2.22. The molecule has 0 unspecified atom stereocenters. The highest BCUT2D eigenvalue weighted by atomic mass is 16.6. The van der Waals surface area contributed by atoms with Crippen LogP contribution in [-0.4, -0.2) is 36.4 Å². The lowest BCUT2D eigenvalue weighted by atomic mass is 10.1. The van der Waals surface area contributed by atoms with E-state index >= 15 is 0 Å². The molecule has 0 bridgehead atoms. The molecule has 0 saturated heterocycles. The van der Waals surface area contributed by atoms with E-state index in [1.807, 2.05) is 0 Å². The van der Waals surface area contributed by atoms with Crippen LogP contribution in [0.1, 0.15) is 17.3 Å². The molecule has 0 aromatic heterocycles. The summed E-state index contributed by atoms with van der Waals surface area (Å²) in [6, 6.07) is 4.30. The molecule has 17 heavy (non-hydrogen) atoms. The van der Waals surface area contributed by atoms with Crippen LogP contribution in [0.25, 0.3) is 0 Å². The second-order valence-electron chi connectivity index (χ2n) is 3.54. The number of hydrogen-bond donors (Lipinski definition) is 0. The first-order valence-corrected chi connectivity index (χ1v) is 5.10. The lowest BCUT2D eigenvalue weighted by Gasteiger charge is -2.13. The normalized spacial score (nSPS) is 9.82. The van der Waals surface area contributed by atoms with Crippen molar-refractivity contribution in [3.05, 3.63) is 33.9 Å². The number of hydrogen-bond acceptors (Lipinski definition) is 4. The minimum absolute atomic E-state index is 0.0266. The maximum Gasteiger partial charge on any atom is 0.311 e. The smallest absolute Gasteiger partial charge is 0.311 e. The fraction of sp³-hybridized carbons (Fsp3) is 0.364. The Balaban J connectivity index is 3.34. The third-order valence-corrected chi connectivity index (χ3v) is 2.12. The Morgan fingerprint density at radius 2 is 2.12 bits per heavy atom. The number of carbonyl (C=O) groups is 1. The summed E-state index contributed by atoms with van der Waals surface area (Å²) in [6.07, 6.45) is 0. The van der Waals surface area contributed by atoms with Crippen molar-refractivity contribution in [2.45, 2.75) is 6.92 Å². The van der Waals surface area contributed by atoms with Crippen LogP contribution in [0, 0.1) is 10.1 Å². The molecule has 1 aromatic rings. The molecule has 0 fully saturated rings. The van der Waals surface area contributed by atoms with Gasteiger partial charge in [-0.05, 0) is 13.0 Å². The summed E-state index contributed by atoms with van der Waals surface area (Å²) in [6.45, 7) is 1.97. The number of nitrogens with zero attached hydrogens (tertiary/aromatic N) is 2. The maximum absolute atomic E-state index is 11.8. The van der Waals surface area contributed by atoms with E-state index < -0.39 is 4.92 Å². The Kier molecular flexibility index (Phi) is 4.03. The Morgan fingerprint density at radius 3 is 2.59 bits per heavy atom. The van der Waals surface area contributed by atoms with Gasteiger partial charge in [0.2, 0.25) is 5.75 Å². The van der Waals surface area contributed by atoms with Gasteiger partial charge in [-0.15, -0.1) is 0 Å². The van der Waals surface area contributed by atoms with Crippen LogP contribution in [0.3, 0.4) is 0 Å². The van der Waals surface area contributed by atoms with Crippen molar-refractivity contribution in [2.75, 3.05) is 20.7 Å². The van der Waals surface area contributed by atoms with Crippen LogP contribution in [0.15, 0.2) is 18.2 Å². The monoisotopic (exact) mass is 238 g/mol. The first-order chi connectivity index (χ1) is 7.99. The van der Waals surface area contributed by atoms with E-state index in [9.17, 15) is 14.9 Å². The molecule has 92 valence electrons. The Labute approximate surface area is 98.9 Å². The molecule has 6 heteroatoms. The molecule has 0 spiro atoms. The lowest BCUT2D eigenvalue weighted by molar-refractivity contribution is -0.385. The summed E-state index contributed by atoms with van der Waals surface area (Å²) in [5, 5.41) is 10.8. The summed E-state index contributed by atoms with van der Waals surface area (Å²) >= 11 is 0. The molecule has 0 aliphatic carbocycles. The van der Waals surface area contributed by atoms with Gasteiger partial charge in [-0.1, -0.05) is 6.07 Å². The van der Waals surface area contributed by atoms with Crippen LogP contribution in [-0.2, 0) is 0 Å². The van der Waals surface area contributed by atoms with Gasteiger partial charge in [0.05, 0.1) is 17.1 Å². The van der Waals surface area contributed by atoms with Crippen LogP contribution in [0.4, 0.5) is 5.69 Å². The van der Waals surface area contributed by atoms with Crippen molar-refractivity contribution >= 4 is 11.6 Å². The van der Waals surface area contributed by atoms with Crippen LogP contribution in [0.2, 0.25) is 0 Å². The third-order valence-electron chi connectivity index (χ3n) is 2.12. The number of para-hydroxylation sites is 1. The highest BCUT2D eigenvalue weighted by molar-refractivity contribution is 5.97. The fourth-order valence-electron chi connectivity index (χ4n) is 1.37. The standard InChI is InChI=1S/C11H14N2O4/c1-4-17-10-8(11(14)12(2)3)6-5-7-9(10)13(15)16/h5-7H,4H2,1-3H3. The highest BCUT2D eigenvalue weighted by Gasteiger charge is 2.23. The summed E-state index contributed by atoms with van der Waals surface area (Å²) in [5.74, 6) is -0.296. The predicted octanol–water partition coefficient (Wildman–Crippen LogP) is 1.70. The number of rotatable bonds is 4. The molecule has 0 aliphatic rings. The first-order valence-electron chi connectivity index (χ1n) is 5.10. The average molecular weight is 238 g/mol. The van der Waals surface area contributed by atoms with E-state index in [2.05, 4.69) is 0 Å². The maximum atomic E-state index is 11.8. The zero-order valence-corrected chi connectivity index (χ0v) is 9.97. The van der Waals surface area contributed by atoms with Gasteiger partial charge < -0.3 is 9.64 Å². The first kappa shape index (κ1) is 13.0. The van der Waals surface area contributed by atoms with E-state index in [-0.39, 0.29) is 29.5 Å². The molecule has 6 nitrogen and oxygen atoms in total. The van der Waals surface area contributed by atoms with Crippen LogP contribution >= 0.6 is 0 Å². The van der Waals surface area contributed by atoms with Crippen molar-refractivity contribution in [1.82, 2.24) is 4.90 Å². The van der Waals surface area contributed by atoms with E-state index in [0.717, 1.165) is 0 Å². The number of ether oxygens (including phenoxy) is 1. The van der Waals surface area contributed by atoms with E-state index in [0.29, 0.717) is 0 Å². The van der Waals surface area contributed by atoms with E-state index in [1.54, 1.807) is 21.0 Å². The average Bonchev–Trinajstić information content (AvgIpc) is 2.28. The van der Waals surface area contributed by atoms with Crippen molar-refractivity contribution in [3.63, 3.8) is 0 Å². The molecule has 1 aromatic carbocycles. The topological polar surface area (TPSA) is 72.7 Å². The van der Waals surface area contributed by atoms with E-state index in [1.165, 1.54) is 23.1 Å². The van der Waals surface area contributed by atoms with Crippen molar-refractivity contribution in [3.8, 4) is 5.75 Å². The van der Waals surface area contributed by atoms with Gasteiger partial charge in [0, 0.05) is 20.2 Å². The van der Waals surface area contributed by atoms with Gasteiger partial charge in [0.15, 0.2) is 0 Å². The van der Waals surface area contributed by atoms with Crippen molar-refractivity contribution < 1.29 is 14.5 Å². The third kappa shape index (κ3) is 2.72. The number of amides is 1. The minimum atomic E-state index is -0.558. The minimum Gasteiger partial charge on any atom is -0.487 e. The Morgan fingerprint density at radius 1 is 1.47 bits per heavy atom. The predicted molar refractivity (Wildman–Crippen MR) is 62.3 cm³/mol. The second-order valence-corrected chi connectivity index (χ2v) is 3.54. The molecule has 0 saturated carbocycles. The van der Waals surface area contributed by atoms with Gasteiger partial charge in [-0.25, -0.2) is 0 Å². The zero-order valence-electron chi connectivity index (χ0n) is 9.97. The Bertz CT molecular complexity index is 443. The molecule has 1 rings (SSSR count). The zero-order chi connectivity index (χ0) is 13.0. The van der Waals surface area contributed by atoms with Gasteiger partial charge in [-0.2, -0.15) is 0 Å². The molecule has 0 radical (unpaired) electrons. The molecule has 0 heterocycles. The number of nitro groups is 1. The summed E-state index contributed by atoms with van der Waals surface area (Å²) in [5.41, 5.74) is 0.00519. The van der Waals surface area contributed by atoms with Crippen molar-refractivity contribution in [2.24, 2.45) is 0 Å².